The van der Waals surface area contributed by atoms with Gasteiger partial charge in [-0.1, -0.05) is 0 Å². The second-order valence-corrected chi connectivity index (χ2v) is 6.98. The summed E-state index contributed by atoms with van der Waals surface area (Å²) in [4.78, 5) is 19.5. The summed E-state index contributed by atoms with van der Waals surface area (Å²) in [6.07, 6.45) is 3.91. The molecule has 6 heteroatoms. The summed E-state index contributed by atoms with van der Waals surface area (Å²) in [5, 5.41) is 12.0. The van der Waals surface area contributed by atoms with Crippen LogP contribution < -0.4 is 0 Å². The van der Waals surface area contributed by atoms with Crippen LogP contribution >= 0.6 is 23.1 Å². The van der Waals surface area contributed by atoms with Crippen LogP contribution in [-0.2, 0) is 4.79 Å². The second kappa shape index (κ2) is 4.76. The molecule has 0 aliphatic heterocycles. The first-order valence-corrected chi connectivity index (χ1v) is 8.00. The van der Waals surface area contributed by atoms with E-state index in [0.717, 1.165) is 33.8 Å². The number of thiophene rings is 1. The quantitative estimate of drug-likeness (QED) is 0.677. The Morgan fingerprint density at radius 3 is 3.00 bits per heavy atom. The van der Waals surface area contributed by atoms with Gasteiger partial charge >= 0.3 is 5.97 Å². The number of thioether (sulfide) groups is 1. The molecule has 2 heterocycles. The number of aromatic nitrogens is 2. The van der Waals surface area contributed by atoms with Crippen LogP contribution in [0.3, 0.4) is 0 Å². The van der Waals surface area contributed by atoms with Gasteiger partial charge in [-0.15, -0.1) is 23.1 Å². The number of rotatable bonds is 5. The normalized spacial score (nSPS) is 16.7. The Bertz CT molecular complexity index is 635. The summed E-state index contributed by atoms with van der Waals surface area (Å²) in [6.45, 7) is 2.05. The molecule has 1 aliphatic rings. The predicted octanol–water partition coefficient (Wildman–Crippen LogP) is 3.35. The number of fused-ring (bicyclic) bond motifs is 1. The molecule has 0 unspecified atom stereocenters. The standard InChI is InChI=1S/C13H14N2O2S2/c1-8-5-18-11-10(8)14-7-15-12(11)19-6-13(2-3-13)4-9(16)17/h5,7H,2-4,6H2,1H3,(H,16,17). The molecular formula is C13H14N2O2S2. The maximum absolute atomic E-state index is 10.8. The molecule has 2 aromatic heterocycles. The third-order valence-electron chi connectivity index (χ3n) is 3.50. The topological polar surface area (TPSA) is 63.1 Å². The average molecular weight is 294 g/mol. The van der Waals surface area contributed by atoms with Crippen molar-refractivity contribution < 1.29 is 9.90 Å². The van der Waals surface area contributed by atoms with Crippen LogP contribution in [0.2, 0.25) is 0 Å². The summed E-state index contributed by atoms with van der Waals surface area (Å²) in [5.41, 5.74) is 2.20. The minimum Gasteiger partial charge on any atom is -0.481 e. The minimum absolute atomic E-state index is 0.0000769. The number of hydrogen-bond donors (Lipinski definition) is 1. The van der Waals surface area contributed by atoms with Gasteiger partial charge in [-0.05, 0) is 36.1 Å². The second-order valence-electron chi connectivity index (χ2n) is 5.13. The van der Waals surface area contributed by atoms with Crippen molar-refractivity contribution in [2.45, 2.75) is 31.2 Å². The zero-order chi connectivity index (χ0) is 13.5. The molecule has 0 saturated heterocycles. The van der Waals surface area contributed by atoms with Gasteiger partial charge in [0.2, 0.25) is 0 Å². The summed E-state index contributed by atoms with van der Waals surface area (Å²) in [5.74, 6) is 0.139. The molecule has 0 bridgehead atoms. The molecule has 1 saturated carbocycles. The van der Waals surface area contributed by atoms with Gasteiger partial charge in [0.25, 0.3) is 0 Å². The Morgan fingerprint density at radius 1 is 1.53 bits per heavy atom. The van der Waals surface area contributed by atoms with Crippen molar-refractivity contribution in [1.82, 2.24) is 9.97 Å². The zero-order valence-corrected chi connectivity index (χ0v) is 12.2. The Kier molecular flexibility index (Phi) is 3.22. The molecule has 0 aromatic carbocycles. The van der Waals surface area contributed by atoms with Crippen LogP contribution in [0.15, 0.2) is 16.7 Å². The summed E-state index contributed by atoms with van der Waals surface area (Å²) in [6, 6.07) is 0. The molecule has 0 spiro atoms. The molecule has 1 N–H and O–H groups in total. The number of aryl methyl sites for hydroxylation is 1. The first kappa shape index (κ1) is 12.9. The molecule has 19 heavy (non-hydrogen) atoms. The highest BCUT2D eigenvalue weighted by molar-refractivity contribution is 7.99. The van der Waals surface area contributed by atoms with Gasteiger partial charge in [-0.2, -0.15) is 0 Å². The third-order valence-corrected chi connectivity index (χ3v) is 6.06. The number of aliphatic carboxylic acids is 1. The molecule has 1 aliphatic carbocycles. The van der Waals surface area contributed by atoms with Gasteiger partial charge in [-0.3, -0.25) is 4.79 Å². The fraction of sp³-hybridized carbons (Fsp3) is 0.462. The fourth-order valence-corrected chi connectivity index (χ4v) is 4.53. The largest absolute Gasteiger partial charge is 0.481 e. The molecule has 4 nitrogen and oxygen atoms in total. The minimum atomic E-state index is -0.696. The van der Waals surface area contributed by atoms with Crippen molar-refractivity contribution in [2.24, 2.45) is 5.41 Å². The van der Waals surface area contributed by atoms with Crippen molar-refractivity contribution in [3.63, 3.8) is 0 Å². The van der Waals surface area contributed by atoms with Gasteiger partial charge in [0.05, 0.1) is 16.6 Å². The lowest BCUT2D eigenvalue weighted by Crippen LogP contribution is -2.11. The smallest absolute Gasteiger partial charge is 0.303 e. The zero-order valence-electron chi connectivity index (χ0n) is 10.5. The van der Waals surface area contributed by atoms with E-state index in [2.05, 4.69) is 15.3 Å². The summed E-state index contributed by atoms with van der Waals surface area (Å²) >= 11 is 3.33. The van der Waals surface area contributed by atoms with Gasteiger partial charge in [0.15, 0.2) is 0 Å². The molecule has 1 fully saturated rings. The number of nitrogens with zero attached hydrogens (tertiary/aromatic N) is 2. The van der Waals surface area contributed by atoms with Gasteiger partial charge in [-0.25, -0.2) is 9.97 Å². The lowest BCUT2D eigenvalue weighted by atomic mass is 10.1. The number of hydrogen-bond acceptors (Lipinski definition) is 5. The molecule has 0 atom stereocenters. The highest BCUT2D eigenvalue weighted by atomic mass is 32.2. The highest BCUT2D eigenvalue weighted by Gasteiger charge is 2.44. The Hall–Kier alpha value is -1.14. The van der Waals surface area contributed by atoms with E-state index in [4.69, 9.17) is 5.11 Å². The molecule has 0 amide bonds. The Morgan fingerprint density at radius 2 is 2.32 bits per heavy atom. The molecule has 3 rings (SSSR count). The van der Waals surface area contributed by atoms with Gasteiger partial charge in [0.1, 0.15) is 11.4 Å². The van der Waals surface area contributed by atoms with Crippen molar-refractivity contribution in [2.75, 3.05) is 5.75 Å². The van der Waals surface area contributed by atoms with E-state index in [1.165, 1.54) is 5.56 Å². The lowest BCUT2D eigenvalue weighted by molar-refractivity contribution is -0.138. The van der Waals surface area contributed by atoms with Crippen LogP contribution in [0, 0.1) is 12.3 Å². The Labute approximate surface area is 119 Å². The predicted molar refractivity (Wildman–Crippen MR) is 76.8 cm³/mol. The van der Waals surface area contributed by atoms with Crippen molar-refractivity contribution >= 4 is 39.3 Å². The lowest BCUT2D eigenvalue weighted by Gasteiger charge is -2.11. The van der Waals surface area contributed by atoms with E-state index in [9.17, 15) is 4.79 Å². The molecular weight excluding hydrogens is 280 g/mol. The van der Waals surface area contributed by atoms with E-state index in [-0.39, 0.29) is 11.8 Å². The van der Waals surface area contributed by atoms with Crippen LogP contribution in [0.4, 0.5) is 0 Å². The average Bonchev–Trinajstić information content (AvgIpc) is 3.02. The maximum Gasteiger partial charge on any atom is 0.303 e. The van der Waals surface area contributed by atoms with Crippen molar-refractivity contribution in [3.8, 4) is 0 Å². The number of carboxylic acid groups (broad SMARTS) is 1. The first-order chi connectivity index (χ1) is 9.10. The highest BCUT2D eigenvalue weighted by Crippen LogP contribution is 2.52. The van der Waals surface area contributed by atoms with Crippen molar-refractivity contribution in [1.29, 1.82) is 0 Å². The van der Waals surface area contributed by atoms with Crippen LogP contribution in [0.5, 0.6) is 0 Å². The van der Waals surface area contributed by atoms with E-state index in [0.29, 0.717) is 0 Å². The summed E-state index contributed by atoms with van der Waals surface area (Å²) in [7, 11) is 0. The first-order valence-electron chi connectivity index (χ1n) is 6.13. The SMILES string of the molecule is Cc1csc2c(SCC3(CC(=O)O)CC3)ncnc12. The van der Waals surface area contributed by atoms with E-state index < -0.39 is 5.97 Å². The monoisotopic (exact) mass is 294 g/mol. The van der Waals surface area contributed by atoms with Crippen LogP contribution in [-0.4, -0.2) is 26.8 Å². The Balaban J connectivity index is 1.77. The van der Waals surface area contributed by atoms with Gasteiger partial charge in [0, 0.05) is 5.75 Å². The number of carboxylic acids is 1. The fourth-order valence-electron chi connectivity index (χ4n) is 2.14. The summed E-state index contributed by atoms with van der Waals surface area (Å²) < 4.78 is 1.12. The van der Waals surface area contributed by atoms with Gasteiger partial charge < -0.3 is 5.11 Å². The number of carbonyl (C=O) groups is 1. The molecule has 0 radical (unpaired) electrons. The van der Waals surface area contributed by atoms with E-state index in [1.807, 2.05) is 6.92 Å². The van der Waals surface area contributed by atoms with E-state index in [1.54, 1.807) is 29.4 Å². The van der Waals surface area contributed by atoms with Crippen LogP contribution in [0.1, 0.15) is 24.8 Å². The van der Waals surface area contributed by atoms with Crippen LogP contribution in [0.25, 0.3) is 10.2 Å². The van der Waals surface area contributed by atoms with E-state index >= 15 is 0 Å². The third kappa shape index (κ3) is 2.60. The molecule has 100 valence electrons. The molecule has 2 aromatic rings. The van der Waals surface area contributed by atoms with Crippen molar-refractivity contribution in [3.05, 3.63) is 17.3 Å². The maximum atomic E-state index is 10.8.